The van der Waals surface area contributed by atoms with Crippen molar-refractivity contribution in [3.8, 4) is 11.5 Å². The number of hydrogen-bond donors (Lipinski definition) is 0. The van der Waals surface area contributed by atoms with Crippen LogP contribution in [-0.2, 0) is 0 Å². The highest BCUT2D eigenvalue weighted by Gasteiger charge is 2.10. The van der Waals surface area contributed by atoms with Crippen molar-refractivity contribution >= 4 is 51.9 Å². The van der Waals surface area contributed by atoms with Crippen LogP contribution in [0.5, 0.6) is 11.5 Å². The Morgan fingerprint density at radius 1 is 0.773 bits per heavy atom. The molecule has 0 amide bonds. The van der Waals surface area contributed by atoms with Gasteiger partial charge in [0.2, 0.25) is 0 Å². The zero-order valence-electron chi connectivity index (χ0n) is 11.1. The molecule has 0 aromatic heterocycles. The lowest BCUT2D eigenvalue weighted by Gasteiger charge is -2.10. The monoisotopic (exact) mass is 350 g/mol. The molecule has 0 bridgehead atoms. The highest BCUT2D eigenvalue weighted by molar-refractivity contribution is 6.39. The predicted octanol–water partition coefficient (Wildman–Crippen LogP) is 6.40. The van der Waals surface area contributed by atoms with Gasteiger partial charge in [-0.3, -0.25) is 4.79 Å². The van der Waals surface area contributed by atoms with E-state index in [-0.39, 0.29) is 0 Å². The summed E-state index contributed by atoms with van der Waals surface area (Å²) < 4.78 is 5.76. The second-order valence-electron chi connectivity index (χ2n) is 4.67. The molecular formula is C17H9Cl3O2. The lowest BCUT2D eigenvalue weighted by molar-refractivity contribution is 0.112. The molecule has 3 aromatic rings. The van der Waals surface area contributed by atoms with E-state index in [0.717, 1.165) is 6.29 Å². The van der Waals surface area contributed by atoms with E-state index >= 15 is 0 Å². The van der Waals surface area contributed by atoms with Gasteiger partial charge in [-0.05, 0) is 53.9 Å². The number of fused-ring (bicyclic) bond motifs is 1. The number of aldehydes is 1. The molecule has 0 fully saturated rings. The SMILES string of the molecule is O=Cc1cc(Oc2ccc(Cl)cc2)cc2c(Cl)cc(Cl)cc12. The summed E-state index contributed by atoms with van der Waals surface area (Å²) in [5.41, 5.74) is 0.464. The number of benzene rings is 3. The highest BCUT2D eigenvalue weighted by atomic mass is 35.5. The first-order chi connectivity index (χ1) is 10.6. The minimum absolute atomic E-state index is 0.464. The van der Waals surface area contributed by atoms with Crippen LogP contribution in [0.1, 0.15) is 10.4 Å². The Morgan fingerprint density at radius 3 is 2.18 bits per heavy atom. The lowest BCUT2D eigenvalue weighted by Crippen LogP contribution is -1.90. The van der Waals surface area contributed by atoms with E-state index in [0.29, 0.717) is 42.9 Å². The van der Waals surface area contributed by atoms with Gasteiger partial charge in [-0.2, -0.15) is 0 Å². The molecule has 3 rings (SSSR count). The lowest BCUT2D eigenvalue weighted by atomic mass is 10.0. The zero-order valence-corrected chi connectivity index (χ0v) is 13.4. The quantitative estimate of drug-likeness (QED) is 0.510. The molecule has 0 spiro atoms. The fraction of sp³-hybridized carbons (Fsp3) is 0. The molecule has 0 heterocycles. The fourth-order valence-corrected chi connectivity index (χ4v) is 2.85. The maximum atomic E-state index is 11.3. The van der Waals surface area contributed by atoms with Gasteiger partial charge in [-0.25, -0.2) is 0 Å². The van der Waals surface area contributed by atoms with Gasteiger partial charge in [0, 0.05) is 21.0 Å². The molecule has 0 unspecified atom stereocenters. The number of carbonyl (C=O) groups is 1. The molecule has 110 valence electrons. The normalized spacial score (nSPS) is 10.7. The second kappa shape index (κ2) is 6.17. The van der Waals surface area contributed by atoms with Crippen LogP contribution < -0.4 is 4.74 Å². The second-order valence-corrected chi connectivity index (χ2v) is 5.95. The Hall–Kier alpha value is -1.74. The van der Waals surface area contributed by atoms with Crippen LogP contribution >= 0.6 is 34.8 Å². The molecule has 0 aliphatic heterocycles. The van der Waals surface area contributed by atoms with Crippen LogP contribution in [0.15, 0.2) is 48.5 Å². The molecule has 5 heteroatoms. The first-order valence-corrected chi connectivity index (χ1v) is 7.51. The Morgan fingerprint density at radius 2 is 1.50 bits per heavy atom. The first kappa shape index (κ1) is 15.2. The molecule has 22 heavy (non-hydrogen) atoms. The van der Waals surface area contributed by atoms with E-state index in [1.165, 1.54) is 0 Å². The summed E-state index contributed by atoms with van der Waals surface area (Å²) in [5.74, 6) is 1.13. The van der Waals surface area contributed by atoms with E-state index in [4.69, 9.17) is 39.5 Å². The third-order valence-corrected chi connectivity index (χ3v) is 3.95. The molecule has 0 atom stereocenters. The standard InChI is InChI=1S/C17H9Cl3O2/c18-11-1-3-13(4-2-11)22-14-5-10(9-21)15-6-12(19)7-17(20)16(15)8-14/h1-9H. The summed E-state index contributed by atoms with van der Waals surface area (Å²) in [6, 6.07) is 13.7. The molecule has 0 aliphatic carbocycles. The first-order valence-electron chi connectivity index (χ1n) is 6.38. The Kier molecular flexibility index (Phi) is 4.25. The van der Waals surface area contributed by atoms with Crippen molar-refractivity contribution in [3.05, 3.63) is 69.2 Å². The van der Waals surface area contributed by atoms with Crippen molar-refractivity contribution in [2.24, 2.45) is 0 Å². The van der Waals surface area contributed by atoms with Crippen LogP contribution in [0, 0.1) is 0 Å². The van der Waals surface area contributed by atoms with Crippen molar-refractivity contribution in [2.45, 2.75) is 0 Å². The van der Waals surface area contributed by atoms with Crippen LogP contribution in [0.2, 0.25) is 15.1 Å². The number of rotatable bonds is 3. The van der Waals surface area contributed by atoms with Gasteiger partial charge in [0.1, 0.15) is 11.5 Å². The average Bonchev–Trinajstić information content (AvgIpc) is 2.49. The van der Waals surface area contributed by atoms with E-state index in [1.807, 2.05) is 0 Å². The Balaban J connectivity index is 2.11. The molecule has 0 saturated heterocycles. The average molecular weight is 352 g/mol. The van der Waals surface area contributed by atoms with Crippen LogP contribution in [-0.4, -0.2) is 6.29 Å². The number of hydrogen-bond acceptors (Lipinski definition) is 2. The number of carbonyl (C=O) groups excluding carboxylic acids is 1. The smallest absolute Gasteiger partial charge is 0.150 e. The molecule has 0 aliphatic rings. The maximum Gasteiger partial charge on any atom is 0.150 e. The van der Waals surface area contributed by atoms with Gasteiger partial charge >= 0.3 is 0 Å². The fourth-order valence-electron chi connectivity index (χ4n) is 2.18. The van der Waals surface area contributed by atoms with Gasteiger partial charge in [0.05, 0.1) is 5.02 Å². The number of ether oxygens (including phenoxy) is 1. The van der Waals surface area contributed by atoms with Gasteiger partial charge < -0.3 is 4.74 Å². The Bertz CT molecular complexity index is 858. The molecule has 0 radical (unpaired) electrons. The molecule has 2 nitrogen and oxygen atoms in total. The summed E-state index contributed by atoms with van der Waals surface area (Å²) >= 11 is 18.1. The largest absolute Gasteiger partial charge is 0.457 e. The summed E-state index contributed by atoms with van der Waals surface area (Å²) in [5, 5.41) is 2.96. The van der Waals surface area contributed by atoms with Crippen LogP contribution in [0.25, 0.3) is 10.8 Å². The third-order valence-electron chi connectivity index (χ3n) is 3.17. The van der Waals surface area contributed by atoms with Crippen LogP contribution in [0.3, 0.4) is 0 Å². The minimum Gasteiger partial charge on any atom is -0.457 e. The van der Waals surface area contributed by atoms with Crippen molar-refractivity contribution in [1.29, 1.82) is 0 Å². The van der Waals surface area contributed by atoms with Gasteiger partial charge in [-0.1, -0.05) is 34.8 Å². The summed E-state index contributed by atoms with van der Waals surface area (Å²) in [6.45, 7) is 0. The van der Waals surface area contributed by atoms with Gasteiger partial charge in [0.15, 0.2) is 6.29 Å². The summed E-state index contributed by atoms with van der Waals surface area (Å²) in [4.78, 5) is 11.3. The molecule has 0 saturated carbocycles. The summed E-state index contributed by atoms with van der Waals surface area (Å²) in [7, 11) is 0. The van der Waals surface area contributed by atoms with Crippen molar-refractivity contribution < 1.29 is 9.53 Å². The van der Waals surface area contributed by atoms with Gasteiger partial charge in [0.25, 0.3) is 0 Å². The third kappa shape index (κ3) is 3.05. The van der Waals surface area contributed by atoms with E-state index in [2.05, 4.69) is 0 Å². The maximum absolute atomic E-state index is 11.3. The summed E-state index contributed by atoms with van der Waals surface area (Å²) in [6.07, 6.45) is 0.754. The van der Waals surface area contributed by atoms with Crippen molar-refractivity contribution in [2.75, 3.05) is 0 Å². The topological polar surface area (TPSA) is 26.3 Å². The van der Waals surface area contributed by atoms with E-state index < -0.39 is 0 Å². The highest BCUT2D eigenvalue weighted by Crippen LogP contribution is 2.34. The van der Waals surface area contributed by atoms with Crippen LogP contribution in [0.4, 0.5) is 0 Å². The molecule has 0 N–H and O–H groups in total. The predicted molar refractivity (Wildman–Crippen MR) is 90.9 cm³/mol. The molecule has 3 aromatic carbocycles. The minimum atomic E-state index is 0.464. The van der Waals surface area contributed by atoms with E-state index in [1.54, 1.807) is 48.5 Å². The van der Waals surface area contributed by atoms with Crippen molar-refractivity contribution in [3.63, 3.8) is 0 Å². The Labute approximate surface area is 142 Å². The molecular weight excluding hydrogens is 343 g/mol. The van der Waals surface area contributed by atoms with Crippen molar-refractivity contribution in [1.82, 2.24) is 0 Å². The number of halogens is 3. The van der Waals surface area contributed by atoms with Gasteiger partial charge in [-0.15, -0.1) is 0 Å². The van der Waals surface area contributed by atoms with E-state index in [9.17, 15) is 4.79 Å². The zero-order chi connectivity index (χ0) is 15.7.